The Bertz CT molecular complexity index is 283. The molecule has 0 aromatic heterocycles. The Labute approximate surface area is 96.7 Å². The molecule has 92 valence electrons. The van der Waals surface area contributed by atoms with E-state index in [1.165, 1.54) is 0 Å². The molecule has 3 aliphatic heterocycles. The van der Waals surface area contributed by atoms with Gasteiger partial charge in [0.25, 0.3) is 0 Å². The summed E-state index contributed by atoms with van der Waals surface area (Å²) in [6.07, 6.45) is 4.08. The van der Waals surface area contributed by atoms with E-state index in [4.69, 9.17) is 10.5 Å². The minimum Gasteiger partial charge on any atom is -0.386 e. The van der Waals surface area contributed by atoms with Gasteiger partial charge in [-0.2, -0.15) is 0 Å². The summed E-state index contributed by atoms with van der Waals surface area (Å²) in [7, 11) is 1.73. The van der Waals surface area contributed by atoms with Gasteiger partial charge in [0, 0.05) is 13.7 Å². The molecule has 4 aliphatic rings. The zero-order chi connectivity index (χ0) is 11.4. The van der Waals surface area contributed by atoms with Crippen LogP contribution in [0.4, 0.5) is 0 Å². The molecular formula is C12H22N2O2. The van der Waals surface area contributed by atoms with E-state index in [-0.39, 0.29) is 6.10 Å². The van der Waals surface area contributed by atoms with Crippen molar-refractivity contribution in [3.05, 3.63) is 0 Å². The maximum absolute atomic E-state index is 10.9. The molecule has 0 amide bonds. The van der Waals surface area contributed by atoms with Gasteiger partial charge in [-0.1, -0.05) is 0 Å². The zero-order valence-electron chi connectivity index (χ0n) is 9.98. The van der Waals surface area contributed by atoms with Gasteiger partial charge in [-0.15, -0.1) is 0 Å². The van der Waals surface area contributed by atoms with E-state index >= 15 is 0 Å². The maximum atomic E-state index is 10.9. The van der Waals surface area contributed by atoms with Crippen molar-refractivity contribution in [3.8, 4) is 0 Å². The average molecular weight is 226 g/mol. The predicted octanol–water partition coefficient (Wildman–Crippen LogP) is -0.0506. The summed E-state index contributed by atoms with van der Waals surface area (Å²) in [6.45, 7) is 3.04. The number of piperidine rings is 3. The molecule has 0 radical (unpaired) electrons. The van der Waals surface area contributed by atoms with Crippen molar-refractivity contribution in [3.63, 3.8) is 0 Å². The van der Waals surface area contributed by atoms with E-state index in [2.05, 4.69) is 4.90 Å². The Balaban J connectivity index is 1.78. The van der Waals surface area contributed by atoms with Crippen LogP contribution in [0, 0.1) is 5.92 Å². The van der Waals surface area contributed by atoms with Crippen LogP contribution in [0.5, 0.6) is 0 Å². The molecule has 0 aromatic carbocycles. The van der Waals surface area contributed by atoms with Crippen LogP contribution in [0.25, 0.3) is 0 Å². The van der Waals surface area contributed by atoms with Crippen LogP contribution in [0.2, 0.25) is 0 Å². The van der Waals surface area contributed by atoms with Gasteiger partial charge >= 0.3 is 0 Å². The summed E-state index contributed by atoms with van der Waals surface area (Å²) < 4.78 is 5.29. The number of rotatable bonds is 2. The second-order valence-corrected chi connectivity index (χ2v) is 5.90. The van der Waals surface area contributed by atoms with Crippen LogP contribution in [0.1, 0.15) is 25.7 Å². The first-order valence-corrected chi connectivity index (χ1v) is 6.34. The third-order valence-electron chi connectivity index (χ3n) is 5.11. The molecular weight excluding hydrogens is 204 g/mol. The minimum absolute atomic E-state index is 0.254. The van der Waals surface area contributed by atoms with Crippen molar-refractivity contribution in [2.24, 2.45) is 11.7 Å². The number of hydrogen-bond acceptors (Lipinski definition) is 4. The normalized spacial score (nSPS) is 56.1. The fourth-order valence-electron chi connectivity index (χ4n) is 3.88. The number of methoxy groups -OCH3 is 1. The van der Waals surface area contributed by atoms with E-state index in [1.807, 2.05) is 0 Å². The lowest BCUT2D eigenvalue weighted by Gasteiger charge is -2.62. The Morgan fingerprint density at radius 2 is 1.94 bits per heavy atom. The van der Waals surface area contributed by atoms with Crippen molar-refractivity contribution in [1.82, 2.24) is 4.90 Å². The Morgan fingerprint density at radius 1 is 1.31 bits per heavy atom. The molecule has 1 atom stereocenters. The number of ether oxygens (including phenoxy) is 1. The van der Waals surface area contributed by atoms with E-state index < -0.39 is 11.1 Å². The lowest BCUT2D eigenvalue weighted by atomic mass is 9.56. The summed E-state index contributed by atoms with van der Waals surface area (Å²) in [5, 5.41) is 10.9. The molecule has 1 saturated carbocycles. The van der Waals surface area contributed by atoms with E-state index in [0.717, 1.165) is 45.3 Å². The second kappa shape index (κ2) is 3.42. The summed E-state index contributed by atoms with van der Waals surface area (Å²) in [5.74, 6) is 0.403. The molecule has 0 aromatic rings. The highest BCUT2D eigenvalue weighted by atomic mass is 16.5. The summed E-state index contributed by atoms with van der Waals surface area (Å²) in [6, 6.07) is 0. The molecule has 4 nitrogen and oxygen atoms in total. The molecule has 4 heteroatoms. The van der Waals surface area contributed by atoms with Crippen LogP contribution >= 0.6 is 0 Å². The van der Waals surface area contributed by atoms with Gasteiger partial charge in [0.1, 0.15) is 0 Å². The number of nitrogens with zero attached hydrogens (tertiary/aromatic N) is 1. The highest BCUT2D eigenvalue weighted by Crippen LogP contribution is 2.49. The quantitative estimate of drug-likeness (QED) is 0.693. The monoisotopic (exact) mass is 226 g/mol. The summed E-state index contributed by atoms with van der Waals surface area (Å²) in [4.78, 5) is 2.36. The molecule has 4 fully saturated rings. The number of fused-ring (bicyclic) bond motifs is 3. The topological polar surface area (TPSA) is 58.7 Å². The molecule has 3 saturated heterocycles. The van der Waals surface area contributed by atoms with Crippen molar-refractivity contribution >= 4 is 0 Å². The predicted molar refractivity (Wildman–Crippen MR) is 61.1 cm³/mol. The Hall–Kier alpha value is -0.160. The Morgan fingerprint density at radius 3 is 2.38 bits per heavy atom. The van der Waals surface area contributed by atoms with Crippen LogP contribution in [-0.2, 0) is 4.74 Å². The maximum Gasteiger partial charge on any atom is 0.0983 e. The molecule has 1 aliphatic carbocycles. The van der Waals surface area contributed by atoms with Crippen molar-refractivity contribution in [2.45, 2.75) is 42.9 Å². The van der Waals surface area contributed by atoms with E-state index in [1.54, 1.807) is 7.11 Å². The van der Waals surface area contributed by atoms with Crippen LogP contribution in [-0.4, -0.2) is 54.0 Å². The molecule has 1 unspecified atom stereocenters. The van der Waals surface area contributed by atoms with Gasteiger partial charge in [-0.25, -0.2) is 0 Å². The first kappa shape index (κ1) is 11.0. The number of nitrogens with two attached hydrogens (primary N) is 1. The van der Waals surface area contributed by atoms with Gasteiger partial charge < -0.3 is 20.5 Å². The van der Waals surface area contributed by atoms with E-state index in [0.29, 0.717) is 5.92 Å². The molecule has 0 spiro atoms. The standard InChI is InChI=1S/C12H22N2O2/c1-16-10-6-11(13,7-10)12(15)8-14-4-2-9(12)3-5-14/h9-10,15H,2-8,13H2,1H3. The number of aliphatic hydroxyl groups is 1. The van der Waals surface area contributed by atoms with Crippen LogP contribution in [0.15, 0.2) is 0 Å². The van der Waals surface area contributed by atoms with Gasteiger partial charge in [-0.3, -0.25) is 0 Å². The Kier molecular flexibility index (Phi) is 2.34. The molecule has 3 N–H and O–H groups in total. The minimum atomic E-state index is -0.668. The highest BCUT2D eigenvalue weighted by Gasteiger charge is 2.61. The zero-order valence-corrected chi connectivity index (χ0v) is 9.98. The van der Waals surface area contributed by atoms with Crippen LogP contribution < -0.4 is 5.73 Å². The smallest absolute Gasteiger partial charge is 0.0983 e. The average Bonchev–Trinajstić information content (AvgIpc) is 2.25. The molecule has 16 heavy (non-hydrogen) atoms. The molecule has 4 rings (SSSR count). The van der Waals surface area contributed by atoms with Gasteiger partial charge in [0.15, 0.2) is 0 Å². The van der Waals surface area contributed by atoms with Gasteiger partial charge in [0.05, 0.1) is 17.2 Å². The van der Waals surface area contributed by atoms with Crippen molar-refractivity contribution < 1.29 is 9.84 Å². The van der Waals surface area contributed by atoms with Crippen molar-refractivity contribution in [2.75, 3.05) is 26.7 Å². The first-order chi connectivity index (χ1) is 7.57. The summed E-state index contributed by atoms with van der Waals surface area (Å²) >= 11 is 0. The fourth-order valence-corrected chi connectivity index (χ4v) is 3.88. The van der Waals surface area contributed by atoms with Gasteiger partial charge in [0.2, 0.25) is 0 Å². The molecule has 3 heterocycles. The lowest BCUT2D eigenvalue weighted by molar-refractivity contribution is -0.198. The first-order valence-electron chi connectivity index (χ1n) is 6.34. The van der Waals surface area contributed by atoms with Crippen molar-refractivity contribution in [1.29, 1.82) is 0 Å². The SMILES string of the molecule is COC1CC(N)(C2(O)CN3CCC2CC3)C1. The highest BCUT2D eigenvalue weighted by molar-refractivity contribution is 5.18. The largest absolute Gasteiger partial charge is 0.386 e. The number of hydrogen-bond donors (Lipinski definition) is 2. The summed E-state index contributed by atoms with van der Waals surface area (Å²) in [5.41, 5.74) is 5.33. The molecule has 2 bridgehead atoms. The van der Waals surface area contributed by atoms with E-state index in [9.17, 15) is 5.11 Å². The third-order valence-corrected chi connectivity index (χ3v) is 5.11. The third kappa shape index (κ3) is 1.30. The lowest BCUT2D eigenvalue weighted by Crippen LogP contribution is -2.77. The van der Waals surface area contributed by atoms with Crippen LogP contribution in [0.3, 0.4) is 0 Å². The fraction of sp³-hybridized carbons (Fsp3) is 1.00. The second-order valence-electron chi connectivity index (χ2n) is 5.90. The van der Waals surface area contributed by atoms with Gasteiger partial charge in [-0.05, 0) is 44.7 Å².